The SMILES string of the molecule is CCc1ccc(OCCCCCS(=O)(=O)Cl)c([N+](=O)[O-])c1. The number of halogens is 1. The largest absolute Gasteiger partial charge is 0.487 e. The Balaban J connectivity index is 2.46. The molecule has 0 aliphatic rings. The summed E-state index contributed by atoms with van der Waals surface area (Å²) in [5.74, 6) is 0.169. The molecule has 1 rings (SSSR count). The van der Waals surface area contributed by atoms with E-state index in [4.69, 9.17) is 15.4 Å². The highest BCUT2D eigenvalue weighted by Gasteiger charge is 2.15. The van der Waals surface area contributed by atoms with Crippen LogP contribution in [-0.4, -0.2) is 25.7 Å². The smallest absolute Gasteiger partial charge is 0.311 e. The van der Waals surface area contributed by atoms with E-state index in [0.29, 0.717) is 32.3 Å². The highest BCUT2D eigenvalue weighted by atomic mass is 35.7. The first-order chi connectivity index (χ1) is 9.83. The predicted molar refractivity (Wildman–Crippen MR) is 81.5 cm³/mol. The lowest BCUT2D eigenvalue weighted by molar-refractivity contribution is -0.385. The summed E-state index contributed by atoms with van der Waals surface area (Å²) < 4.78 is 26.9. The van der Waals surface area contributed by atoms with Gasteiger partial charge in [0.2, 0.25) is 9.05 Å². The fraction of sp³-hybridized carbons (Fsp3) is 0.538. The maximum Gasteiger partial charge on any atom is 0.311 e. The minimum Gasteiger partial charge on any atom is -0.487 e. The Morgan fingerprint density at radius 1 is 1.29 bits per heavy atom. The van der Waals surface area contributed by atoms with Crippen LogP contribution in [-0.2, 0) is 15.5 Å². The summed E-state index contributed by atoms with van der Waals surface area (Å²) in [6.45, 7) is 2.22. The molecule has 0 aliphatic carbocycles. The number of hydrogen-bond acceptors (Lipinski definition) is 5. The third-order valence-corrected chi connectivity index (χ3v) is 4.16. The number of aryl methyl sites for hydroxylation is 1. The summed E-state index contributed by atoms with van der Waals surface area (Å²) in [5.41, 5.74) is 0.832. The van der Waals surface area contributed by atoms with Gasteiger partial charge in [-0.25, -0.2) is 8.42 Å². The first kappa shape index (κ1) is 17.7. The fourth-order valence-electron chi connectivity index (χ4n) is 1.78. The summed E-state index contributed by atoms with van der Waals surface area (Å²) in [6.07, 6.45) is 2.41. The Bertz CT molecular complexity index is 588. The van der Waals surface area contributed by atoms with Crippen molar-refractivity contribution in [3.8, 4) is 5.75 Å². The van der Waals surface area contributed by atoms with E-state index in [2.05, 4.69) is 0 Å². The molecule has 0 bridgehead atoms. The molecule has 0 aliphatic heterocycles. The number of rotatable bonds is 9. The van der Waals surface area contributed by atoms with Gasteiger partial charge in [-0.05, 0) is 37.3 Å². The van der Waals surface area contributed by atoms with Crippen LogP contribution >= 0.6 is 10.7 Å². The lowest BCUT2D eigenvalue weighted by Crippen LogP contribution is -2.03. The summed E-state index contributed by atoms with van der Waals surface area (Å²) in [6, 6.07) is 4.90. The molecule has 0 unspecified atom stereocenters. The molecule has 8 heteroatoms. The molecule has 0 amide bonds. The number of nitro benzene ring substituents is 1. The molecule has 0 saturated heterocycles. The zero-order valence-corrected chi connectivity index (χ0v) is 13.3. The van der Waals surface area contributed by atoms with E-state index in [0.717, 1.165) is 5.56 Å². The maximum atomic E-state index is 11.0. The van der Waals surface area contributed by atoms with E-state index in [1.54, 1.807) is 12.1 Å². The Morgan fingerprint density at radius 3 is 2.57 bits per heavy atom. The van der Waals surface area contributed by atoms with Gasteiger partial charge in [-0.3, -0.25) is 10.1 Å². The van der Waals surface area contributed by atoms with Crippen LogP contribution in [0.25, 0.3) is 0 Å². The third-order valence-electron chi connectivity index (χ3n) is 2.92. The third kappa shape index (κ3) is 6.77. The standard InChI is InChI=1S/C13H18ClNO5S/c1-2-11-6-7-13(12(10-11)15(16)17)20-8-4-3-5-9-21(14,18)19/h6-7,10H,2-5,8-9H2,1H3. The lowest BCUT2D eigenvalue weighted by atomic mass is 10.1. The fourth-order valence-corrected chi connectivity index (χ4v) is 2.66. The van der Waals surface area contributed by atoms with Crippen LogP contribution < -0.4 is 4.74 Å². The van der Waals surface area contributed by atoms with Gasteiger partial charge in [0.25, 0.3) is 0 Å². The van der Waals surface area contributed by atoms with Crippen molar-refractivity contribution in [2.24, 2.45) is 0 Å². The number of unbranched alkanes of at least 4 members (excludes halogenated alkanes) is 2. The van der Waals surface area contributed by atoms with Crippen molar-refractivity contribution in [2.45, 2.75) is 32.6 Å². The number of nitrogens with zero attached hydrogens (tertiary/aromatic N) is 1. The lowest BCUT2D eigenvalue weighted by Gasteiger charge is -2.07. The van der Waals surface area contributed by atoms with Gasteiger partial charge in [0.1, 0.15) is 0 Å². The molecule has 0 heterocycles. The first-order valence-electron chi connectivity index (χ1n) is 6.66. The van der Waals surface area contributed by atoms with Crippen molar-refractivity contribution in [3.05, 3.63) is 33.9 Å². The summed E-state index contributed by atoms with van der Waals surface area (Å²) in [5, 5.41) is 11.0. The van der Waals surface area contributed by atoms with Crippen LogP contribution in [0.1, 0.15) is 31.7 Å². The van der Waals surface area contributed by atoms with Gasteiger partial charge in [0.05, 0.1) is 17.3 Å². The van der Waals surface area contributed by atoms with Gasteiger partial charge in [-0.2, -0.15) is 0 Å². The molecule has 118 valence electrons. The minimum absolute atomic E-state index is 0.0438. The molecule has 21 heavy (non-hydrogen) atoms. The minimum atomic E-state index is -3.45. The average Bonchev–Trinajstić information content (AvgIpc) is 2.41. The van der Waals surface area contributed by atoms with E-state index in [9.17, 15) is 18.5 Å². The predicted octanol–water partition coefficient (Wildman–Crippen LogP) is 3.27. The quantitative estimate of drug-likeness (QED) is 0.299. The Labute approximate surface area is 128 Å². The van der Waals surface area contributed by atoms with Gasteiger partial charge >= 0.3 is 5.69 Å². The van der Waals surface area contributed by atoms with E-state index in [-0.39, 0.29) is 17.2 Å². The highest BCUT2D eigenvalue weighted by Crippen LogP contribution is 2.28. The van der Waals surface area contributed by atoms with Crippen molar-refractivity contribution in [3.63, 3.8) is 0 Å². The first-order valence-corrected chi connectivity index (χ1v) is 9.14. The number of hydrogen-bond donors (Lipinski definition) is 0. The molecule has 0 N–H and O–H groups in total. The number of benzene rings is 1. The topological polar surface area (TPSA) is 86.5 Å². The Hall–Kier alpha value is -1.34. The molecular weight excluding hydrogens is 318 g/mol. The molecule has 1 aromatic carbocycles. The molecule has 0 fully saturated rings. The number of nitro groups is 1. The van der Waals surface area contributed by atoms with Crippen LogP contribution in [0.2, 0.25) is 0 Å². The molecule has 0 aromatic heterocycles. The summed E-state index contributed by atoms with van der Waals surface area (Å²) >= 11 is 0. The van der Waals surface area contributed by atoms with Crippen molar-refractivity contribution in [1.29, 1.82) is 0 Å². The monoisotopic (exact) mass is 335 g/mol. The summed E-state index contributed by atoms with van der Waals surface area (Å²) in [7, 11) is 1.64. The zero-order valence-electron chi connectivity index (χ0n) is 11.7. The second-order valence-electron chi connectivity index (χ2n) is 4.56. The molecule has 6 nitrogen and oxygen atoms in total. The maximum absolute atomic E-state index is 11.0. The van der Waals surface area contributed by atoms with Crippen molar-refractivity contribution >= 4 is 25.4 Å². The second-order valence-corrected chi connectivity index (χ2v) is 7.46. The van der Waals surface area contributed by atoms with Crippen LogP contribution in [0, 0.1) is 10.1 Å². The number of ether oxygens (including phenoxy) is 1. The van der Waals surface area contributed by atoms with Crippen molar-refractivity contribution in [1.82, 2.24) is 0 Å². The Morgan fingerprint density at radius 2 is 2.00 bits per heavy atom. The van der Waals surface area contributed by atoms with Crippen LogP contribution in [0.3, 0.4) is 0 Å². The molecule has 0 spiro atoms. The van der Waals surface area contributed by atoms with Crippen molar-refractivity contribution in [2.75, 3.05) is 12.4 Å². The zero-order chi connectivity index (χ0) is 15.9. The van der Waals surface area contributed by atoms with E-state index in [1.807, 2.05) is 6.92 Å². The van der Waals surface area contributed by atoms with Gasteiger partial charge in [0, 0.05) is 16.7 Å². The van der Waals surface area contributed by atoms with Crippen LogP contribution in [0.4, 0.5) is 5.69 Å². The Kier molecular flexibility index (Phi) is 6.91. The van der Waals surface area contributed by atoms with Gasteiger partial charge in [-0.15, -0.1) is 0 Å². The van der Waals surface area contributed by atoms with E-state index in [1.165, 1.54) is 6.07 Å². The van der Waals surface area contributed by atoms with Gasteiger partial charge in [0.15, 0.2) is 5.75 Å². The van der Waals surface area contributed by atoms with Crippen LogP contribution in [0.15, 0.2) is 18.2 Å². The van der Waals surface area contributed by atoms with Gasteiger partial charge in [-0.1, -0.05) is 13.0 Å². The molecule has 0 saturated carbocycles. The molecule has 0 radical (unpaired) electrons. The van der Waals surface area contributed by atoms with E-state index < -0.39 is 14.0 Å². The normalized spacial score (nSPS) is 11.3. The molecular formula is C13H18ClNO5S. The highest BCUT2D eigenvalue weighted by molar-refractivity contribution is 8.13. The van der Waals surface area contributed by atoms with Crippen molar-refractivity contribution < 1.29 is 18.1 Å². The summed E-state index contributed by atoms with van der Waals surface area (Å²) in [4.78, 5) is 10.5. The molecule has 1 aromatic rings. The average molecular weight is 336 g/mol. The van der Waals surface area contributed by atoms with E-state index >= 15 is 0 Å². The van der Waals surface area contributed by atoms with Gasteiger partial charge < -0.3 is 4.74 Å². The molecule has 0 atom stereocenters. The van der Waals surface area contributed by atoms with Crippen LogP contribution in [0.5, 0.6) is 5.75 Å². The second kappa shape index (κ2) is 8.19.